The summed E-state index contributed by atoms with van der Waals surface area (Å²) in [6.45, 7) is 0.249. The van der Waals surface area contributed by atoms with Crippen molar-refractivity contribution >= 4 is 16.7 Å². The van der Waals surface area contributed by atoms with Crippen molar-refractivity contribution in [3.05, 3.63) is 66.1 Å². The van der Waals surface area contributed by atoms with Gasteiger partial charge in [0.25, 0.3) is 0 Å². The van der Waals surface area contributed by atoms with Crippen molar-refractivity contribution in [2.45, 2.75) is 6.61 Å². The minimum absolute atomic E-state index is 0.180. The maximum atomic E-state index is 11.5. The molecule has 112 valence electrons. The summed E-state index contributed by atoms with van der Waals surface area (Å²) in [5.74, 6) is 1.06. The predicted octanol–water partition coefficient (Wildman–Crippen LogP) is 3.30. The molecule has 3 aromatic rings. The van der Waals surface area contributed by atoms with Gasteiger partial charge >= 0.3 is 5.91 Å². The van der Waals surface area contributed by atoms with Gasteiger partial charge in [-0.05, 0) is 35.0 Å². The van der Waals surface area contributed by atoms with Crippen molar-refractivity contribution in [2.75, 3.05) is 7.11 Å². The van der Waals surface area contributed by atoms with E-state index in [1.165, 1.54) is 7.11 Å². The second-order valence-corrected chi connectivity index (χ2v) is 4.70. The number of nitrogens with one attached hydrogen (secondary N) is 1. The van der Waals surface area contributed by atoms with E-state index in [1.54, 1.807) is 12.1 Å². The number of hydrogen-bond donors (Lipinski definition) is 1. The van der Waals surface area contributed by atoms with Crippen LogP contribution in [-0.2, 0) is 11.4 Å². The first-order chi connectivity index (χ1) is 10.8. The van der Waals surface area contributed by atoms with Crippen LogP contribution in [0.25, 0.3) is 10.8 Å². The Morgan fingerprint density at radius 2 is 1.91 bits per heavy atom. The highest BCUT2D eigenvalue weighted by atomic mass is 16.6. The summed E-state index contributed by atoms with van der Waals surface area (Å²) in [5, 5.41) is 2.27. The molecule has 1 heterocycles. The zero-order valence-electron chi connectivity index (χ0n) is 12.0. The van der Waals surface area contributed by atoms with E-state index in [0.29, 0.717) is 5.76 Å². The number of carbonyl (C=O) groups excluding carboxylic acids is 1. The summed E-state index contributed by atoms with van der Waals surface area (Å²) in [5.41, 5.74) is 2.20. The van der Waals surface area contributed by atoms with Gasteiger partial charge in [-0.1, -0.05) is 30.3 Å². The fourth-order valence-corrected chi connectivity index (χ4v) is 2.13. The quantitative estimate of drug-likeness (QED) is 0.734. The van der Waals surface area contributed by atoms with Gasteiger partial charge in [-0.2, -0.15) is 0 Å². The molecule has 5 heteroatoms. The number of hydroxylamine groups is 1. The maximum absolute atomic E-state index is 11.5. The molecule has 0 fully saturated rings. The molecule has 5 nitrogen and oxygen atoms in total. The van der Waals surface area contributed by atoms with Crippen molar-refractivity contribution in [3.63, 3.8) is 0 Å². The first-order valence-corrected chi connectivity index (χ1v) is 6.80. The largest absolute Gasteiger partial charge is 0.486 e. The number of carbonyl (C=O) groups is 1. The Morgan fingerprint density at radius 3 is 2.73 bits per heavy atom. The molecule has 0 aliphatic rings. The Labute approximate surface area is 127 Å². The Hall–Kier alpha value is -2.79. The molecule has 0 aliphatic carbocycles. The van der Waals surface area contributed by atoms with Crippen LogP contribution in [0.2, 0.25) is 0 Å². The van der Waals surface area contributed by atoms with E-state index in [1.807, 2.05) is 42.5 Å². The summed E-state index contributed by atoms with van der Waals surface area (Å²) >= 11 is 0. The fraction of sp³-hybridized carbons (Fsp3) is 0.118. The molecule has 0 spiro atoms. The standard InChI is InChI=1S/C17H15NO4/c1-20-18-17(19)16-9-8-15(22-16)11-21-14-7-6-12-4-2-3-5-13(12)10-14/h2-10H,11H2,1H3,(H,18,19). The Morgan fingerprint density at radius 1 is 1.09 bits per heavy atom. The van der Waals surface area contributed by atoms with E-state index in [0.717, 1.165) is 16.5 Å². The molecule has 22 heavy (non-hydrogen) atoms. The molecular weight excluding hydrogens is 282 g/mol. The lowest BCUT2D eigenvalue weighted by Crippen LogP contribution is -2.21. The van der Waals surface area contributed by atoms with Gasteiger partial charge in [0.15, 0.2) is 5.76 Å². The third-order valence-corrected chi connectivity index (χ3v) is 3.18. The van der Waals surface area contributed by atoms with E-state index < -0.39 is 5.91 Å². The molecule has 0 atom stereocenters. The van der Waals surface area contributed by atoms with Crippen molar-refractivity contribution in [1.29, 1.82) is 0 Å². The number of fused-ring (bicyclic) bond motifs is 1. The molecule has 0 bridgehead atoms. The lowest BCUT2D eigenvalue weighted by molar-refractivity contribution is 0.0506. The Bertz CT molecular complexity index is 794. The molecule has 1 amide bonds. The van der Waals surface area contributed by atoms with Gasteiger partial charge in [-0.3, -0.25) is 9.63 Å². The monoisotopic (exact) mass is 297 g/mol. The summed E-state index contributed by atoms with van der Waals surface area (Å²) < 4.78 is 11.1. The highest BCUT2D eigenvalue weighted by Gasteiger charge is 2.11. The van der Waals surface area contributed by atoms with Crippen LogP contribution in [0.15, 0.2) is 59.0 Å². The molecule has 3 rings (SSSR count). The summed E-state index contributed by atoms with van der Waals surface area (Å²) in [6.07, 6.45) is 0. The SMILES string of the molecule is CONC(=O)c1ccc(COc2ccc3ccccc3c2)o1. The van der Waals surface area contributed by atoms with Crippen molar-refractivity contribution < 1.29 is 18.8 Å². The van der Waals surface area contributed by atoms with Gasteiger partial charge in [0.1, 0.15) is 18.1 Å². The average molecular weight is 297 g/mol. The van der Waals surface area contributed by atoms with Gasteiger partial charge in [0.2, 0.25) is 0 Å². The van der Waals surface area contributed by atoms with Crippen molar-refractivity contribution in [3.8, 4) is 5.75 Å². The molecule has 1 N–H and O–H groups in total. The normalized spacial score (nSPS) is 10.6. The molecule has 0 radical (unpaired) electrons. The Kier molecular flexibility index (Phi) is 4.07. The van der Waals surface area contributed by atoms with Crippen LogP contribution < -0.4 is 10.2 Å². The highest BCUT2D eigenvalue weighted by Crippen LogP contribution is 2.21. The van der Waals surface area contributed by atoms with Gasteiger partial charge < -0.3 is 9.15 Å². The lowest BCUT2D eigenvalue weighted by atomic mass is 10.1. The van der Waals surface area contributed by atoms with E-state index in [9.17, 15) is 4.79 Å². The average Bonchev–Trinajstić information content (AvgIpc) is 3.02. The van der Waals surface area contributed by atoms with Gasteiger partial charge in [-0.25, -0.2) is 5.48 Å². The van der Waals surface area contributed by atoms with Crippen LogP contribution >= 0.6 is 0 Å². The summed E-state index contributed by atoms with van der Waals surface area (Å²) in [6, 6.07) is 17.2. The van der Waals surface area contributed by atoms with E-state index in [2.05, 4.69) is 10.3 Å². The van der Waals surface area contributed by atoms with Gasteiger partial charge in [-0.15, -0.1) is 0 Å². The second-order valence-electron chi connectivity index (χ2n) is 4.70. The number of hydrogen-bond acceptors (Lipinski definition) is 4. The Balaban J connectivity index is 1.67. The smallest absolute Gasteiger partial charge is 0.310 e. The van der Waals surface area contributed by atoms with Crippen LogP contribution in [0.1, 0.15) is 16.3 Å². The van der Waals surface area contributed by atoms with E-state index in [-0.39, 0.29) is 12.4 Å². The van der Waals surface area contributed by atoms with Crippen LogP contribution in [0.4, 0.5) is 0 Å². The van der Waals surface area contributed by atoms with E-state index >= 15 is 0 Å². The van der Waals surface area contributed by atoms with Crippen LogP contribution in [0, 0.1) is 0 Å². The molecule has 1 aromatic heterocycles. The number of amides is 1. The van der Waals surface area contributed by atoms with Gasteiger partial charge in [0.05, 0.1) is 7.11 Å². The minimum Gasteiger partial charge on any atom is -0.486 e. The van der Waals surface area contributed by atoms with Crippen LogP contribution in [-0.4, -0.2) is 13.0 Å². The van der Waals surface area contributed by atoms with Crippen molar-refractivity contribution in [2.24, 2.45) is 0 Å². The van der Waals surface area contributed by atoms with Gasteiger partial charge in [0, 0.05) is 0 Å². The fourth-order valence-electron chi connectivity index (χ4n) is 2.13. The molecule has 0 unspecified atom stereocenters. The lowest BCUT2D eigenvalue weighted by Gasteiger charge is -2.05. The van der Waals surface area contributed by atoms with Crippen molar-refractivity contribution in [1.82, 2.24) is 5.48 Å². The zero-order valence-corrected chi connectivity index (χ0v) is 12.0. The first-order valence-electron chi connectivity index (χ1n) is 6.80. The molecule has 0 aliphatic heterocycles. The summed E-state index contributed by atoms with van der Waals surface area (Å²) in [7, 11) is 1.37. The van der Waals surface area contributed by atoms with Crippen LogP contribution in [0.5, 0.6) is 5.75 Å². The molecular formula is C17H15NO4. The molecule has 0 saturated heterocycles. The number of benzene rings is 2. The number of rotatable bonds is 5. The topological polar surface area (TPSA) is 60.7 Å². The van der Waals surface area contributed by atoms with Crippen LogP contribution in [0.3, 0.4) is 0 Å². The molecule has 2 aromatic carbocycles. The molecule has 0 saturated carbocycles. The summed E-state index contributed by atoms with van der Waals surface area (Å²) in [4.78, 5) is 16.1. The third-order valence-electron chi connectivity index (χ3n) is 3.18. The zero-order chi connectivity index (χ0) is 15.4. The predicted molar refractivity (Wildman–Crippen MR) is 81.5 cm³/mol. The third kappa shape index (κ3) is 3.10. The second kappa shape index (κ2) is 6.32. The number of ether oxygens (including phenoxy) is 1. The minimum atomic E-state index is -0.431. The number of furan rings is 1. The van der Waals surface area contributed by atoms with E-state index in [4.69, 9.17) is 9.15 Å². The maximum Gasteiger partial charge on any atom is 0.310 e. The highest BCUT2D eigenvalue weighted by molar-refractivity contribution is 5.90. The first kappa shape index (κ1) is 14.2.